The van der Waals surface area contributed by atoms with E-state index in [-0.39, 0.29) is 4.90 Å². The third kappa shape index (κ3) is 5.37. The number of nitrogens with one attached hydrogen (secondary N) is 1. The number of aryl methyl sites for hydroxylation is 2. The fourth-order valence-electron chi connectivity index (χ4n) is 2.22. The van der Waals surface area contributed by atoms with Crippen LogP contribution in [-0.2, 0) is 16.4 Å². The zero-order valence-corrected chi connectivity index (χ0v) is 14.4. The minimum absolute atomic E-state index is 0.260. The number of hydrogen-bond acceptors (Lipinski definition) is 3. The number of benzene rings is 2. The quantitative estimate of drug-likeness (QED) is 0.754. The lowest BCUT2D eigenvalue weighted by atomic mass is 10.1. The molecule has 0 aliphatic rings. The molecule has 0 aliphatic heterocycles. The lowest BCUT2D eigenvalue weighted by Gasteiger charge is -2.08. The summed E-state index contributed by atoms with van der Waals surface area (Å²) in [6.45, 7) is 4.92. The van der Waals surface area contributed by atoms with Gasteiger partial charge in [-0.3, -0.25) is 0 Å². The maximum absolute atomic E-state index is 12.2. The van der Waals surface area contributed by atoms with Crippen molar-refractivity contribution in [3.05, 3.63) is 59.7 Å². The van der Waals surface area contributed by atoms with Crippen LogP contribution in [0.5, 0.6) is 5.75 Å². The minimum Gasteiger partial charge on any atom is -0.494 e. The maximum Gasteiger partial charge on any atom is 0.240 e. The molecule has 124 valence electrons. The average molecular weight is 333 g/mol. The topological polar surface area (TPSA) is 55.4 Å². The first-order valence-electron chi connectivity index (χ1n) is 7.79. The van der Waals surface area contributed by atoms with Crippen LogP contribution in [0.1, 0.15) is 24.5 Å². The van der Waals surface area contributed by atoms with E-state index in [2.05, 4.69) is 35.9 Å². The van der Waals surface area contributed by atoms with Crippen molar-refractivity contribution in [1.29, 1.82) is 0 Å². The van der Waals surface area contributed by atoms with Gasteiger partial charge in [0.15, 0.2) is 0 Å². The highest BCUT2D eigenvalue weighted by molar-refractivity contribution is 7.89. The van der Waals surface area contributed by atoms with Crippen molar-refractivity contribution in [3.8, 4) is 5.75 Å². The molecule has 2 aromatic carbocycles. The Kier molecular flexibility index (Phi) is 6.19. The lowest BCUT2D eigenvalue weighted by Crippen LogP contribution is -2.25. The summed E-state index contributed by atoms with van der Waals surface area (Å²) < 4.78 is 32.4. The highest BCUT2D eigenvalue weighted by Gasteiger charge is 2.13. The Morgan fingerprint density at radius 1 is 1.00 bits per heavy atom. The Hall–Kier alpha value is -1.85. The van der Waals surface area contributed by atoms with Gasteiger partial charge in [-0.25, -0.2) is 13.1 Å². The Balaban J connectivity index is 1.84. The van der Waals surface area contributed by atoms with Gasteiger partial charge < -0.3 is 4.74 Å². The smallest absolute Gasteiger partial charge is 0.240 e. The van der Waals surface area contributed by atoms with E-state index in [0.29, 0.717) is 18.9 Å². The average Bonchev–Trinajstić information content (AvgIpc) is 2.54. The molecule has 5 heteroatoms. The summed E-state index contributed by atoms with van der Waals surface area (Å²) >= 11 is 0. The van der Waals surface area contributed by atoms with Crippen molar-refractivity contribution < 1.29 is 13.2 Å². The molecular formula is C18H23NO3S. The van der Waals surface area contributed by atoms with Crippen LogP contribution < -0.4 is 9.46 Å². The van der Waals surface area contributed by atoms with E-state index in [4.69, 9.17) is 4.74 Å². The Bertz CT molecular complexity index is 707. The molecule has 0 aromatic heterocycles. The first-order valence-corrected chi connectivity index (χ1v) is 9.27. The van der Waals surface area contributed by atoms with Gasteiger partial charge in [0.25, 0.3) is 0 Å². The van der Waals surface area contributed by atoms with E-state index in [1.165, 1.54) is 11.1 Å². The largest absolute Gasteiger partial charge is 0.494 e. The van der Waals surface area contributed by atoms with Crippen LogP contribution in [0.15, 0.2) is 53.4 Å². The summed E-state index contributed by atoms with van der Waals surface area (Å²) in [5, 5.41) is 0. The SMILES string of the molecule is CCOc1ccc(S(=O)(=O)NCCCc2ccc(C)cc2)cc1. The van der Waals surface area contributed by atoms with Gasteiger partial charge in [-0.05, 0) is 56.5 Å². The first kappa shape index (κ1) is 17.5. The molecule has 4 nitrogen and oxygen atoms in total. The third-order valence-corrected chi connectivity index (χ3v) is 4.98. The number of rotatable bonds is 8. The molecular weight excluding hydrogens is 310 g/mol. The Morgan fingerprint density at radius 2 is 1.65 bits per heavy atom. The fraction of sp³-hybridized carbons (Fsp3) is 0.333. The summed E-state index contributed by atoms with van der Waals surface area (Å²) in [6.07, 6.45) is 1.62. The van der Waals surface area contributed by atoms with Crippen LogP contribution in [0.3, 0.4) is 0 Å². The van der Waals surface area contributed by atoms with Crippen molar-refractivity contribution in [1.82, 2.24) is 4.72 Å². The van der Waals surface area contributed by atoms with Crippen molar-refractivity contribution in [3.63, 3.8) is 0 Å². The fourth-order valence-corrected chi connectivity index (χ4v) is 3.29. The van der Waals surface area contributed by atoms with E-state index in [1.807, 2.05) is 6.92 Å². The van der Waals surface area contributed by atoms with E-state index in [1.54, 1.807) is 24.3 Å². The summed E-state index contributed by atoms with van der Waals surface area (Å²) in [5.41, 5.74) is 2.45. The van der Waals surface area contributed by atoms with Crippen molar-refractivity contribution >= 4 is 10.0 Å². The van der Waals surface area contributed by atoms with Crippen LogP contribution in [0, 0.1) is 6.92 Å². The number of sulfonamides is 1. The molecule has 23 heavy (non-hydrogen) atoms. The molecule has 0 bridgehead atoms. The summed E-state index contributed by atoms with van der Waals surface area (Å²) in [7, 11) is -3.46. The Labute approximate surface area is 138 Å². The maximum atomic E-state index is 12.2. The second-order valence-corrected chi connectivity index (χ2v) is 7.16. The molecule has 0 atom stereocenters. The molecule has 0 saturated carbocycles. The van der Waals surface area contributed by atoms with E-state index < -0.39 is 10.0 Å². The minimum atomic E-state index is -3.46. The molecule has 0 spiro atoms. The summed E-state index contributed by atoms with van der Waals surface area (Å²) in [4.78, 5) is 0.260. The molecule has 0 aliphatic carbocycles. The van der Waals surface area contributed by atoms with Crippen LogP contribution in [0.2, 0.25) is 0 Å². The van der Waals surface area contributed by atoms with Crippen molar-refractivity contribution in [2.75, 3.05) is 13.2 Å². The molecule has 1 N–H and O–H groups in total. The van der Waals surface area contributed by atoms with Gasteiger partial charge in [-0.2, -0.15) is 0 Å². The van der Waals surface area contributed by atoms with Gasteiger partial charge in [0.1, 0.15) is 5.75 Å². The number of ether oxygens (including phenoxy) is 1. The lowest BCUT2D eigenvalue weighted by molar-refractivity contribution is 0.340. The standard InChI is InChI=1S/C18H23NO3S/c1-3-22-17-10-12-18(13-11-17)23(20,21)19-14-4-5-16-8-6-15(2)7-9-16/h6-13,19H,3-5,14H2,1-2H3. The second kappa shape index (κ2) is 8.13. The molecule has 0 heterocycles. The first-order chi connectivity index (χ1) is 11.0. The van der Waals surface area contributed by atoms with Gasteiger partial charge >= 0.3 is 0 Å². The normalized spacial score (nSPS) is 11.4. The molecule has 2 aromatic rings. The van der Waals surface area contributed by atoms with Crippen LogP contribution in [0.25, 0.3) is 0 Å². The van der Waals surface area contributed by atoms with Gasteiger partial charge in [0, 0.05) is 6.54 Å². The monoisotopic (exact) mass is 333 g/mol. The molecule has 2 rings (SSSR count). The molecule has 0 saturated heterocycles. The molecule has 0 unspecified atom stereocenters. The molecule has 0 amide bonds. The highest BCUT2D eigenvalue weighted by Crippen LogP contribution is 2.15. The van der Waals surface area contributed by atoms with Gasteiger partial charge in [0.05, 0.1) is 11.5 Å². The second-order valence-electron chi connectivity index (χ2n) is 5.39. The summed E-state index contributed by atoms with van der Waals surface area (Å²) in [6, 6.07) is 14.8. The highest BCUT2D eigenvalue weighted by atomic mass is 32.2. The van der Waals surface area contributed by atoms with E-state index in [0.717, 1.165) is 12.8 Å². The summed E-state index contributed by atoms with van der Waals surface area (Å²) in [5.74, 6) is 0.672. The van der Waals surface area contributed by atoms with Crippen LogP contribution in [0.4, 0.5) is 0 Å². The van der Waals surface area contributed by atoms with Gasteiger partial charge in [-0.15, -0.1) is 0 Å². The van der Waals surface area contributed by atoms with E-state index >= 15 is 0 Å². The van der Waals surface area contributed by atoms with Crippen molar-refractivity contribution in [2.24, 2.45) is 0 Å². The molecule has 0 radical (unpaired) electrons. The van der Waals surface area contributed by atoms with E-state index in [9.17, 15) is 8.42 Å². The Morgan fingerprint density at radius 3 is 2.26 bits per heavy atom. The third-order valence-electron chi connectivity index (χ3n) is 3.50. The van der Waals surface area contributed by atoms with Gasteiger partial charge in [0.2, 0.25) is 10.0 Å². The zero-order valence-electron chi connectivity index (χ0n) is 13.6. The zero-order chi connectivity index (χ0) is 16.7. The van der Waals surface area contributed by atoms with Crippen LogP contribution >= 0.6 is 0 Å². The predicted molar refractivity (Wildman–Crippen MR) is 92.3 cm³/mol. The number of hydrogen-bond donors (Lipinski definition) is 1. The molecule has 0 fully saturated rings. The van der Waals surface area contributed by atoms with Crippen LogP contribution in [-0.4, -0.2) is 21.6 Å². The van der Waals surface area contributed by atoms with Gasteiger partial charge in [-0.1, -0.05) is 29.8 Å². The predicted octanol–water partition coefficient (Wildman–Crippen LogP) is 3.30. The van der Waals surface area contributed by atoms with Crippen molar-refractivity contribution in [2.45, 2.75) is 31.6 Å².